The minimum Gasteiger partial charge on any atom is -0.369 e. The Morgan fingerprint density at radius 3 is 2.89 bits per heavy atom. The summed E-state index contributed by atoms with van der Waals surface area (Å²) >= 11 is 6.21. The zero-order chi connectivity index (χ0) is 13.3. The van der Waals surface area contributed by atoms with E-state index in [1.807, 2.05) is 14.0 Å². The summed E-state index contributed by atoms with van der Waals surface area (Å²) in [4.78, 5) is 13.5. The van der Waals surface area contributed by atoms with Crippen molar-refractivity contribution in [2.24, 2.45) is 18.7 Å². The van der Waals surface area contributed by atoms with E-state index < -0.39 is 0 Å². The van der Waals surface area contributed by atoms with Crippen LogP contribution in [0.1, 0.15) is 24.1 Å². The molecule has 18 heavy (non-hydrogen) atoms. The summed E-state index contributed by atoms with van der Waals surface area (Å²) in [5, 5.41) is 4.97. The highest BCUT2D eigenvalue weighted by Gasteiger charge is 2.25. The van der Waals surface area contributed by atoms with Gasteiger partial charge >= 0.3 is 0 Å². The molecular formula is C12H19ClN4O. The Labute approximate surface area is 112 Å². The highest BCUT2D eigenvalue weighted by atomic mass is 35.5. The number of hydrogen-bond acceptors (Lipinski definition) is 3. The Balaban J connectivity index is 2.07. The lowest BCUT2D eigenvalue weighted by Crippen LogP contribution is -2.40. The first kappa shape index (κ1) is 13.4. The van der Waals surface area contributed by atoms with Gasteiger partial charge in [-0.3, -0.25) is 14.4 Å². The van der Waals surface area contributed by atoms with Crippen molar-refractivity contribution in [3.63, 3.8) is 0 Å². The van der Waals surface area contributed by atoms with E-state index in [4.69, 9.17) is 17.3 Å². The first-order valence-electron chi connectivity index (χ1n) is 6.18. The van der Waals surface area contributed by atoms with Gasteiger partial charge in [-0.1, -0.05) is 11.6 Å². The van der Waals surface area contributed by atoms with Gasteiger partial charge in [0.2, 0.25) is 5.91 Å². The van der Waals surface area contributed by atoms with Crippen LogP contribution in [-0.4, -0.2) is 33.7 Å². The third-order valence-corrected chi connectivity index (χ3v) is 4.03. The normalized spacial score (nSPS) is 21.2. The summed E-state index contributed by atoms with van der Waals surface area (Å²) in [7, 11) is 1.83. The molecule has 0 spiro atoms. The van der Waals surface area contributed by atoms with Gasteiger partial charge in [0.1, 0.15) is 5.15 Å². The first-order chi connectivity index (χ1) is 8.49. The van der Waals surface area contributed by atoms with Crippen LogP contribution in [0.4, 0.5) is 0 Å². The molecule has 0 aromatic carbocycles. The summed E-state index contributed by atoms with van der Waals surface area (Å²) in [6.45, 7) is 4.40. The standard InChI is InChI=1S/C12H19ClN4O/c1-8-10(11(13)16(2)15-8)7-17-5-3-4-9(6-17)12(14)18/h9H,3-7H2,1-2H3,(H2,14,18). The number of aromatic nitrogens is 2. The van der Waals surface area contributed by atoms with E-state index >= 15 is 0 Å². The topological polar surface area (TPSA) is 64.2 Å². The van der Waals surface area contributed by atoms with Crippen molar-refractivity contribution in [2.75, 3.05) is 13.1 Å². The van der Waals surface area contributed by atoms with Crippen LogP contribution < -0.4 is 5.73 Å². The molecule has 1 aliphatic rings. The minimum absolute atomic E-state index is 0.0329. The van der Waals surface area contributed by atoms with E-state index in [0.29, 0.717) is 5.15 Å². The van der Waals surface area contributed by atoms with Crippen LogP contribution in [0.25, 0.3) is 0 Å². The van der Waals surface area contributed by atoms with Gasteiger partial charge in [0, 0.05) is 25.7 Å². The number of amides is 1. The molecule has 5 nitrogen and oxygen atoms in total. The van der Waals surface area contributed by atoms with Gasteiger partial charge in [-0.25, -0.2) is 0 Å². The Morgan fingerprint density at radius 1 is 1.61 bits per heavy atom. The molecule has 1 fully saturated rings. The van der Waals surface area contributed by atoms with Crippen molar-refractivity contribution in [1.82, 2.24) is 14.7 Å². The molecule has 1 aromatic heterocycles. The Kier molecular flexibility index (Phi) is 3.92. The van der Waals surface area contributed by atoms with Crippen molar-refractivity contribution >= 4 is 17.5 Å². The molecule has 100 valence electrons. The number of carbonyl (C=O) groups is 1. The molecule has 1 atom stereocenters. The number of piperidine rings is 1. The summed E-state index contributed by atoms with van der Waals surface area (Å²) in [5.41, 5.74) is 7.37. The van der Waals surface area contributed by atoms with Gasteiger partial charge in [-0.15, -0.1) is 0 Å². The fourth-order valence-corrected chi connectivity index (χ4v) is 2.74. The molecule has 1 aromatic rings. The fraction of sp³-hybridized carbons (Fsp3) is 0.667. The third kappa shape index (κ3) is 2.67. The maximum absolute atomic E-state index is 11.2. The molecule has 2 heterocycles. The summed E-state index contributed by atoms with van der Waals surface area (Å²) in [5.74, 6) is -0.233. The summed E-state index contributed by atoms with van der Waals surface area (Å²) in [6, 6.07) is 0. The van der Waals surface area contributed by atoms with Crippen LogP contribution in [0, 0.1) is 12.8 Å². The number of hydrogen-bond donors (Lipinski definition) is 1. The number of primary amides is 1. The van der Waals surface area contributed by atoms with Crippen LogP contribution in [0.3, 0.4) is 0 Å². The Hall–Kier alpha value is -1.07. The maximum Gasteiger partial charge on any atom is 0.221 e. The van der Waals surface area contributed by atoms with E-state index in [1.54, 1.807) is 4.68 Å². The predicted molar refractivity (Wildman–Crippen MR) is 70.2 cm³/mol. The maximum atomic E-state index is 11.2. The van der Waals surface area contributed by atoms with Gasteiger partial charge in [-0.05, 0) is 26.3 Å². The van der Waals surface area contributed by atoms with Crippen LogP contribution >= 0.6 is 11.6 Å². The molecule has 0 bridgehead atoms. The first-order valence-corrected chi connectivity index (χ1v) is 6.56. The van der Waals surface area contributed by atoms with Gasteiger partial charge < -0.3 is 5.73 Å². The highest BCUT2D eigenvalue weighted by Crippen LogP contribution is 2.23. The van der Waals surface area contributed by atoms with E-state index in [0.717, 1.165) is 43.7 Å². The van der Waals surface area contributed by atoms with Crippen molar-refractivity contribution in [2.45, 2.75) is 26.3 Å². The van der Waals surface area contributed by atoms with Crippen LogP contribution in [0.15, 0.2) is 0 Å². The van der Waals surface area contributed by atoms with E-state index in [9.17, 15) is 4.79 Å². The van der Waals surface area contributed by atoms with Crippen LogP contribution in [0.5, 0.6) is 0 Å². The van der Waals surface area contributed by atoms with E-state index in [1.165, 1.54) is 0 Å². The zero-order valence-electron chi connectivity index (χ0n) is 10.8. The van der Waals surface area contributed by atoms with Gasteiger partial charge in [-0.2, -0.15) is 5.10 Å². The Bertz CT molecular complexity index is 457. The third-order valence-electron chi connectivity index (χ3n) is 3.56. The number of nitrogens with two attached hydrogens (primary N) is 1. The van der Waals surface area contributed by atoms with Crippen molar-refractivity contribution in [1.29, 1.82) is 0 Å². The molecule has 0 aliphatic carbocycles. The van der Waals surface area contributed by atoms with Gasteiger partial charge in [0.15, 0.2) is 0 Å². The lowest BCUT2D eigenvalue weighted by molar-refractivity contribution is -0.123. The summed E-state index contributed by atoms with van der Waals surface area (Å²) in [6.07, 6.45) is 1.90. The van der Waals surface area contributed by atoms with Crippen LogP contribution in [0.2, 0.25) is 5.15 Å². The van der Waals surface area contributed by atoms with E-state index in [2.05, 4.69) is 10.00 Å². The molecule has 1 saturated heterocycles. The average molecular weight is 271 g/mol. The second kappa shape index (κ2) is 5.28. The van der Waals surface area contributed by atoms with E-state index in [-0.39, 0.29) is 11.8 Å². The van der Waals surface area contributed by atoms with Gasteiger partial charge in [0.25, 0.3) is 0 Å². The Morgan fingerprint density at radius 2 is 2.33 bits per heavy atom. The molecular weight excluding hydrogens is 252 g/mol. The van der Waals surface area contributed by atoms with Crippen molar-refractivity contribution in [3.8, 4) is 0 Å². The number of nitrogens with zero attached hydrogens (tertiary/aromatic N) is 3. The monoisotopic (exact) mass is 270 g/mol. The number of likely N-dealkylation sites (tertiary alicyclic amines) is 1. The molecule has 1 aliphatic heterocycles. The van der Waals surface area contributed by atoms with Gasteiger partial charge in [0.05, 0.1) is 11.6 Å². The average Bonchev–Trinajstić information content (AvgIpc) is 2.56. The van der Waals surface area contributed by atoms with Crippen molar-refractivity contribution < 1.29 is 4.79 Å². The number of halogens is 1. The predicted octanol–water partition coefficient (Wildman–Crippen LogP) is 1.08. The quantitative estimate of drug-likeness (QED) is 0.894. The zero-order valence-corrected chi connectivity index (χ0v) is 11.6. The second-order valence-corrected chi connectivity index (χ2v) is 5.31. The highest BCUT2D eigenvalue weighted by molar-refractivity contribution is 6.30. The lowest BCUT2D eigenvalue weighted by atomic mass is 9.97. The van der Waals surface area contributed by atoms with Crippen molar-refractivity contribution in [3.05, 3.63) is 16.4 Å². The smallest absolute Gasteiger partial charge is 0.221 e. The molecule has 0 radical (unpaired) electrons. The number of aryl methyl sites for hydroxylation is 2. The molecule has 0 saturated carbocycles. The number of rotatable bonds is 3. The molecule has 1 amide bonds. The second-order valence-electron chi connectivity index (χ2n) is 4.96. The molecule has 2 rings (SSSR count). The summed E-state index contributed by atoms with van der Waals surface area (Å²) < 4.78 is 1.68. The minimum atomic E-state index is -0.200. The number of carbonyl (C=O) groups excluding carboxylic acids is 1. The fourth-order valence-electron chi connectivity index (χ4n) is 2.51. The lowest BCUT2D eigenvalue weighted by Gasteiger charge is -2.31. The SMILES string of the molecule is Cc1nn(C)c(Cl)c1CN1CCCC(C(N)=O)C1. The largest absolute Gasteiger partial charge is 0.369 e. The molecule has 2 N–H and O–H groups in total. The molecule has 6 heteroatoms. The van der Waals surface area contributed by atoms with Crippen LogP contribution in [-0.2, 0) is 18.4 Å². The molecule has 1 unspecified atom stereocenters.